The lowest BCUT2D eigenvalue weighted by Gasteiger charge is -2.26. The van der Waals surface area contributed by atoms with Crippen molar-refractivity contribution in [1.82, 2.24) is 0 Å². The summed E-state index contributed by atoms with van der Waals surface area (Å²) in [6.07, 6.45) is 14.1. The summed E-state index contributed by atoms with van der Waals surface area (Å²) in [6.45, 7) is 5.32. The third kappa shape index (κ3) is 7.08. The lowest BCUT2D eigenvalue weighted by molar-refractivity contribution is 0.297. The number of anilines is 2. The summed E-state index contributed by atoms with van der Waals surface area (Å²) in [4.78, 5) is 2.27. The highest BCUT2D eigenvalue weighted by Gasteiger charge is 2.14. The van der Waals surface area contributed by atoms with E-state index in [2.05, 4.69) is 100 Å². The Morgan fingerprint density at radius 1 is 0.968 bits per heavy atom. The van der Waals surface area contributed by atoms with Gasteiger partial charge in [-0.1, -0.05) is 45.7 Å². The molecule has 0 bridgehead atoms. The van der Waals surface area contributed by atoms with Crippen LogP contribution in [0.4, 0.5) is 11.4 Å². The fourth-order valence-corrected chi connectivity index (χ4v) is 3.40. The second kappa shape index (κ2) is 12.1. The molecule has 3 rings (SSSR count). The molecule has 0 unspecified atom stereocenters. The molecule has 0 spiro atoms. The second-order valence-electron chi connectivity index (χ2n) is 7.12. The van der Waals surface area contributed by atoms with E-state index in [0.717, 1.165) is 46.6 Å². The van der Waals surface area contributed by atoms with E-state index in [1.165, 1.54) is 5.57 Å². The summed E-state index contributed by atoms with van der Waals surface area (Å²) in [5.41, 5.74) is 4.63. The van der Waals surface area contributed by atoms with E-state index in [0.29, 0.717) is 13.2 Å². The van der Waals surface area contributed by atoms with Crippen LogP contribution in [-0.4, -0.2) is 13.2 Å². The molecule has 0 saturated carbocycles. The number of rotatable bonds is 8. The highest BCUT2D eigenvalue weighted by molar-refractivity contribution is 9.10. The summed E-state index contributed by atoms with van der Waals surface area (Å²) in [5, 5.41) is 0. The Labute approximate surface area is 194 Å². The molecule has 1 aliphatic carbocycles. The number of allylic oxidation sites excluding steroid dienone is 5. The third-order valence-corrected chi connectivity index (χ3v) is 5.25. The molecule has 0 N–H and O–H groups in total. The van der Waals surface area contributed by atoms with Crippen molar-refractivity contribution in [2.24, 2.45) is 0 Å². The molecule has 0 aromatic heterocycles. The van der Waals surface area contributed by atoms with E-state index in [4.69, 9.17) is 9.47 Å². The van der Waals surface area contributed by atoms with Crippen LogP contribution in [0.3, 0.4) is 0 Å². The molecule has 0 atom stereocenters. The largest absolute Gasteiger partial charge is 0.494 e. The quantitative estimate of drug-likeness (QED) is 0.289. The van der Waals surface area contributed by atoms with Gasteiger partial charge in [-0.3, -0.25) is 0 Å². The smallest absolute Gasteiger partial charge is 0.119 e. The van der Waals surface area contributed by atoms with Gasteiger partial charge in [0.05, 0.1) is 13.2 Å². The first-order valence-electron chi connectivity index (χ1n) is 10.6. The fraction of sp³-hybridized carbons (Fsp3) is 0.259. The van der Waals surface area contributed by atoms with Crippen LogP contribution < -0.4 is 9.64 Å². The molecule has 0 aliphatic heterocycles. The lowest BCUT2D eigenvalue weighted by Crippen LogP contribution is -2.15. The molecular formula is C27H28BrNO2. The Bertz CT molecular complexity index is 992. The van der Waals surface area contributed by atoms with E-state index in [1.54, 1.807) is 0 Å². The van der Waals surface area contributed by atoms with Gasteiger partial charge in [-0.05, 0) is 81.3 Å². The summed E-state index contributed by atoms with van der Waals surface area (Å²) in [5.74, 6) is 3.85. The molecule has 3 nitrogen and oxygen atoms in total. The lowest BCUT2D eigenvalue weighted by atomic mass is 10.2. The molecule has 0 amide bonds. The number of hydrogen-bond acceptors (Lipinski definition) is 3. The van der Waals surface area contributed by atoms with E-state index in [9.17, 15) is 0 Å². The van der Waals surface area contributed by atoms with Crippen LogP contribution in [0.1, 0.15) is 33.1 Å². The van der Waals surface area contributed by atoms with E-state index < -0.39 is 0 Å². The van der Waals surface area contributed by atoms with Crippen LogP contribution in [0.5, 0.6) is 5.75 Å². The number of benzene rings is 2. The van der Waals surface area contributed by atoms with Crippen LogP contribution in [0, 0.1) is 12.0 Å². The first kappa shape index (κ1) is 22.8. The van der Waals surface area contributed by atoms with Crippen LogP contribution >= 0.6 is 15.9 Å². The Hall–Kier alpha value is -2.90. The Morgan fingerprint density at radius 3 is 2.39 bits per heavy atom. The molecule has 2 aromatic rings. The van der Waals surface area contributed by atoms with Gasteiger partial charge in [0.25, 0.3) is 0 Å². The highest BCUT2D eigenvalue weighted by Crippen LogP contribution is 2.33. The van der Waals surface area contributed by atoms with Crippen LogP contribution in [-0.2, 0) is 4.74 Å². The molecule has 0 saturated heterocycles. The first-order chi connectivity index (χ1) is 15.2. The SMILES string of the molecule is CCOC#CCCCOc1ccc(N(C2=CCC=C(C)C=C2)c2ccc(Br)cc2)cc1. The Morgan fingerprint density at radius 2 is 1.68 bits per heavy atom. The minimum absolute atomic E-state index is 0.621. The standard InChI is InChI=1S/C27H28BrNO2/c1-3-30-20-5-4-6-21-31-27-18-16-26(17-19-27)29(25-14-11-23(28)12-15-25)24-9-7-8-22(2)10-13-24/h8-19H,3-4,6-7,21H2,1-2H3. The maximum Gasteiger partial charge on any atom is 0.119 e. The zero-order chi connectivity index (χ0) is 21.9. The van der Waals surface area contributed by atoms with Crippen molar-refractivity contribution < 1.29 is 9.47 Å². The second-order valence-corrected chi connectivity index (χ2v) is 8.03. The zero-order valence-corrected chi connectivity index (χ0v) is 19.7. The fourth-order valence-electron chi connectivity index (χ4n) is 3.14. The van der Waals surface area contributed by atoms with Crippen molar-refractivity contribution >= 4 is 27.3 Å². The molecule has 160 valence electrons. The van der Waals surface area contributed by atoms with Gasteiger partial charge in [-0.25, -0.2) is 0 Å². The third-order valence-electron chi connectivity index (χ3n) is 4.73. The van der Waals surface area contributed by atoms with E-state index >= 15 is 0 Å². The average molecular weight is 478 g/mol. The summed E-state index contributed by atoms with van der Waals surface area (Å²) >= 11 is 3.54. The maximum atomic E-state index is 5.88. The predicted octanol–water partition coefficient (Wildman–Crippen LogP) is 7.53. The zero-order valence-electron chi connectivity index (χ0n) is 18.1. The van der Waals surface area contributed by atoms with Gasteiger partial charge in [-0.2, -0.15) is 0 Å². The van der Waals surface area contributed by atoms with Crippen molar-refractivity contribution in [2.75, 3.05) is 18.1 Å². The number of unbranched alkanes of at least 4 members (excludes halogenated alkanes) is 1. The van der Waals surface area contributed by atoms with Gasteiger partial charge in [0.2, 0.25) is 0 Å². The Balaban J connectivity index is 1.73. The summed E-state index contributed by atoms with van der Waals surface area (Å²) in [7, 11) is 0. The number of hydrogen-bond donors (Lipinski definition) is 0. The van der Waals surface area contributed by atoms with E-state index in [1.807, 2.05) is 19.1 Å². The van der Waals surface area contributed by atoms with Gasteiger partial charge in [0.1, 0.15) is 11.9 Å². The minimum Gasteiger partial charge on any atom is -0.494 e. The molecule has 31 heavy (non-hydrogen) atoms. The molecule has 2 aromatic carbocycles. The molecule has 0 fully saturated rings. The van der Waals surface area contributed by atoms with Crippen molar-refractivity contribution in [2.45, 2.75) is 33.1 Å². The van der Waals surface area contributed by atoms with Gasteiger partial charge in [0.15, 0.2) is 0 Å². The molecule has 0 heterocycles. The Kier molecular flexibility index (Phi) is 8.87. The molecule has 0 radical (unpaired) electrons. The van der Waals surface area contributed by atoms with Crippen molar-refractivity contribution in [3.05, 3.63) is 88.6 Å². The van der Waals surface area contributed by atoms with Gasteiger partial charge < -0.3 is 14.4 Å². The summed E-state index contributed by atoms with van der Waals surface area (Å²) in [6, 6.07) is 16.6. The van der Waals surface area contributed by atoms with Crippen molar-refractivity contribution in [3.8, 4) is 17.8 Å². The maximum absolute atomic E-state index is 5.88. The minimum atomic E-state index is 0.621. The topological polar surface area (TPSA) is 21.7 Å². The molecule has 4 heteroatoms. The van der Waals surface area contributed by atoms with Gasteiger partial charge in [0, 0.05) is 28.0 Å². The van der Waals surface area contributed by atoms with Gasteiger partial charge >= 0.3 is 0 Å². The molecular weight excluding hydrogens is 450 g/mol. The van der Waals surface area contributed by atoms with E-state index in [-0.39, 0.29) is 0 Å². The number of ether oxygens (including phenoxy) is 2. The summed E-state index contributed by atoms with van der Waals surface area (Å²) < 4.78 is 12.0. The predicted molar refractivity (Wildman–Crippen MR) is 132 cm³/mol. The van der Waals surface area contributed by atoms with Crippen molar-refractivity contribution in [1.29, 1.82) is 0 Å². The van der Waals surface area contributed by atoms with Crippen LogP contribution in [0.15, 0.2) is 88.6 Å². The van der Waals surface area contributed by atoms with Crippen molar-refractivity contribution in [3.63, 3.8) is 0 Å². The average Bonchev–Trinajstić information content (AvgIpc) is 3.00. The normalized spacial score (nSPS) is 12.7. The van der Waals surface area contributed by atoms with Crippen LogP contribution in [0.25, 0.3) is 0 Å². The number of nitrogens with zero attached hydrogens (tertiary/aromatic N) is 1. The first-order valence-corrected chi connectivity index (χ1v) is 11.4. The van der Waals surface area contributed by atoms with Crippen LogP contribution in [0.2, 0.25) is 0 Å². The highest BCUT2D eigenvalue weighted by atomic mass is 79.9. The number of halogens is 1. The van der Waals surface area contributed by atoms with Gasteiger partial charge in [-0.15, -0.1) is 0 Å². The molecule has 1 aliphatic rings. The monoisotopic (exact) mass is 477 g/mol.